The molecule has 3 N–H and O–H groups in total. The second-order valence-electron chi connectivity index (χ2n) is 3.96. The number of nitrogens with zero attached hydrogens (tertiary/aromatic N) is 1. The Morgan fingerprint density at radius 1 is 1.53 bits per heavy atom. The molecule has 96 valence electrons. The summed E-state index contributed by atoms with van der Waals surface area (Å²) < 4.78 is 0. The van der Waals surface area contributed by atoms with E-state index in [1.54, 1.807) is 4.90 Å². The van der Waals surface area contributed by atoms with Crippen molar-refractivity contribution in [3.63, 3.8) is 0 Å². The Kier molecular flexibility index (Phi) is 5.20. The quantitative estimate of drug-likeness (QED) is 0.536. The van der Waals surface area contributed by atoms with Crippen molar-refractivity contribution in [2.75, 3.05) is 18.8 Å². The van der Waals surface area contributed by atoms with Crippen LogP contribution in [0.4, 0.5) is 0 Å². The van der Waals surface area contributed by atoms with Gasteiger partial charge >= 0.3 is 11.8 Å². The largest absolute Gasteiger partial charge is 0.392 e. The van der Waals surface area contributed by atoms with E-state index in [0.717, 1.165) is 5.75 Å². The van der Waals surface area contributed by atoms with E-state index in [4.69, 9.17) is 5.73 Å². The first-order valence-corrected chi connectivity index (χ1v) is 6.88. The molecule has 1 heterocycles. The number of rotatable bonds is 2. The van der Waals surface area contributed by atoms with E-state index in [0.29, 0.717) is 11.8 Å². The zero-order chi connectivity index (χ0) is 13.0. The third-order valence-electron chi connectivity index (χ3n) is 2.76. The lowest BCUT2D eigenvalue weighted by Crippen LogP contribution is -2.53. The lowest BCUT2D eigenvalue weighted by Gasteiger charge is -2.36. The van der Waals surface area contributed by atoms with Gasteiger partial charge in [-0.2, -0.15) is 11.8 Å². The lowest BCUT2D eigenvalue weighted by atomic mass is 10.2. The van der Waals surface area contributed by atoms with Gasteiger partial charge in [0.05, 0.1) is 11.5 Å². The Balaban J connectivity index is 2.56. The van der Waals surface area contributed by atoms with Crippen molar-refractivity contribution in [3.8, 4) is 0 Å². The smallest absolute Gasteiger partial charge is 0.312 e. The van der Waals surface area contributed by atoms with Crippen LogP contribution < -0.4 is 11.1 Å². The molecule has 0 saturated carbocycles. The maximum absolute atomic E-state index is 11.9. The third kappa shape index (κ3) is 3.85. The minimum absolute atomic E-state index is 0.0619. The van der Waals surface area contributed by atoms with Crippen LogP contribution >= 0.6 is 24.0 Å². The van der Waals surface area contributed by atoms with Gasteiger partial charge < -0.3 is 16.0 Å². The molecule has 1 aliphatic rings. The molecule has 17 heavy (non-hydrogen) atoms. The van der Waals surface area contributed by atoms with Crippen molar-refractivity contribution < 1.29 is 9.59 Å². The van der Waals surface area contributed by atoms with Crippen LogP contribution in [-0.2, 0) is 9.59 Å². The number of nitrogens with one attached hydrogen (secondary N) is 1. The number of amides is 2. The molecular formula is C10H17N3O2S2. The van der Waals surface area contributed by atoms with Crippen molar-refractivity contribution >= 4 is 40.8 Å². The molecule has 1 rings (SSSR count). The van der Waals surface area contributed by atoms with Crippen molar-refractivity contribution in [3.05, 3.63) is 0 Å². The van der Waals surface area contributed by atoms with Crippen LogP contribution in [0.15, 0.2) is 0 Å². The van der Waals surface area contributed by atoms with Gasteiger partial charge in [-0.05, 0) is 6.92 Å². The van der Waals surface area contributed by atoms with Crippen LogP contribution in [0.5, 0.6) is 0 Å². The van der Waals surface area contributed by atoms with Gasteiger partial charge in [-0.15, -0.1) is 0 Å². The highest BCUT2D eigenvalue weighted by Gasteiger charge is 2.32. The molecule has 1 aliphatic heterocycles. The molecule has 5 nitrogen and oxygen atoms in total. The molecule has 1 fully saturated rings. The van der Waals surface area contributed by atoms with Crippen molar-refractivity contribution in [2.24, 2.45) is 5.73 Å². The van der Waals surface area contributed by atoms with E-state index in [9.17, 15) is 9.59 Å². The molecule has 2 unspecified atom stereocenters. The lowest BCUT2D eigenvalue weighted by molar-refractivity contribution is -0.147. The predicted molar refractivity (Wildman–Crippen MR) is 72.9 cm³/mol. The standard InChI is InChI=1S/C10H17N3O2S2/c1-6-7(2)17-4-3-13(6)10(15)9(14)12-5-8(11)16/h6-7H,3-5H2,1-2H3,(H2,11,16)(H,12,14). The first-order valence-electron chi connectivity index (χ1n) is 5.42. The van der Waals surface area contributed by atoms with E-state index in [1.165, 1.54) is 0 Å². The highest BCUT2D eigenvalue weighted by Crippen LogP contribution is 2.24. The number of thioether (sulfide) groups is 1. The molecule has 0 spiro atoms. The van der Waals surface area contributed by atoms with Gasteiger partial charge in [0.1, 0.15) is 0 Å². The van der Waals surface area contributed by atoms with E-state index >= 15 is 0 Å². The normalized spacial score (nSPS) is 24.2. The fourth-order valence-electron chi connectivity index (χ4n) is 1.59. The van der Waals surface area contributed by atoms with Gasteiger partial charge in [0.15, 0.2) is 0 Å². The fourth-order valence-corrected chi connectivity index (χ4v) is 2.76. The summed E-state index contributed by atoms with van der Waals surface area (Å²) in [5.41, 5.74) is 5.26. The van der Waals surface area contributed by atoms with Crippen LogP contribution in [0.25, 0.3) is 0 Å². The molecule has 1 saturated heterocycles. The summed E-state index contributed by atoms with van der Waals surface area (Å²) in [6.07, 6.45) is 0. The van der Waals surface area contributed by atoms with Crippen LogP contribution in [0.1, 0.15) is 13.8 Å². The van der Waals surface area contributed by atoms with E-state index in [-0.39, 0.29) is 17.6 Å². The molecule has 2 atom stereocenters. The number of carbonyl (C=O) groups excluding carboxylic acids is 2. The van der Waals surface area contributed by atoms with Crippen LogP contribution in [-0.4, -0.2) is 51.8 Å². The fraction of sp³-hybridized carbons (Fsp3) is 0.700. The zero-order valence-electron chi connectivity index (χ0n) is 9.93. The number of carbonyl (C=O) groups is 2. The topological polar surface area (TPSA) is 75.4 Å². The van der Waals surface area contributed by atoms with Crippen LogP contribution in [0.3, 0.4) is 0 Å². The molecule has 0 bridgehead atoms. The maximum atomic E-state index is 11.9. The van der Waals surface area contributed by atoms with Gasteiger partial charge in [-0.25, -0.2) is 0 Å². The summed E-state index contributed by atoms with van der Waals surface area (Å²) in [5, 5.41) is 2.75. The van der Waals surface area contributed by atoms with Crippen molar-refractivity contribution in [2.45, 2.75) is 25.1 Å². The van der Waals surface area contributed by atoms with Crippen LogP contribution in [0, 0.1) is 0 Å². The van der Waals surface area contributed by atoms with Gasteiger partial charge in [-0.3, -0.25) is 9.59 Å². The minimum Gasteiger partial charge on any atom is -0.392 e. The molecule has 0 aromatic rings. The Hall–Kier alpha value is -0.820. The van der Waals surface area contributed by atoms with Gasteiger partial charge in [0.2, 0.25) is 0 Å². The average Bonchev–Trinajstić information content (AvgIpc) is 2.28. The van der Waals surface area contributed by atoms with Gasteiger partial charge in [-0.1, -0.05) is 19.1 Å². The molecular weight excluding hydrogens is 258 g/mol. The number of nitrogens with two attached hydrogens (primary N) is 1. The Bertz CT molecular complexity index is 336. The Morgan fingerprint density at radius 2 is 2.18 bits per heavy atom. The maximum Gasteiger partial charge on any atom is 0.312 e. The molecule has 7 heteroatoms. The van der Waals surface area contributed by atoms with Gasteiger partial charge in [0, 0.05) is 23.6 Å². The minimum atomic E-state index is -0.635. The summed E-state index contributed by atoms with van der Waals surface area (Å²) in [5.74, 6) is -0.274. The molecule has 0 aromatic heterocycles. The first-order chi connectivity index (χ1) is 7.93. The number of thiocarbonyl (C=S) groups is 1. The second kappa shape index (κ2) is 6.20. The molecule has 0 radical (unpaired) electrons. The van der Waals surface area contributed by atoms with E-state index in [2.05, 4.69) is 24.5 Å². The first kappa shape index (κ1) is 14.2. The predicted octanol–water partition coefficient (Wildman–Crippen LogP) is -0.259. The monoisotopic (exact) mass is 275 g/mol. The van der Waals surface area contributed by atoms with Gasteiger partial charge in [0.25, 0.3) is 0 Å². The molecule has 0 aromatic carbocycles. The van der Waals surface area contributed by atoms with E-state index < -0.39 is 11.8 Å². The van der Waals surface area contributed by atoms with Crippen molar-refractivity contribution in [1.82, 2.24) is 10.2 Å². The highest BCUT2D eigenvalue weighted by atomic mass is 32.2. The summed E-state index contributed by atoms with van der Waals surface area (Å²) in [4.78, 5) is 25.2. The second-order valence-corrected chi connectivity index (χ2v) is 5.97. The Morgan fingerprint density at radius 3 is 2.76 bits per heavy atom. The van der Waals surface area contributed by atoms with Crippen molar-refractivity contribution in [1.29, 1.82) is 0 Å². The number of hydrogen-bond acceptors (Lipinski definition) is 4. The molecule has 2 amide bonds. The summed E-state index contributed by atoms with van der Waals surface area (Å²) >= 11 is 6.44. The summed E-state index contributed by atoms with van der Waals surface area (Å²) in [6.45, 7) is 4.68. The van der Waals surface area contributed by atoms with E-state index in [1.807, 2.05) is 18.7 Å². The number of hydrogen-bond donors (Lipinski definition) is 2. The highest BCUT2D eigenvalue weighted by molar-refractivity contribution is 8.00. The Labute approximate surface area is 110 Å². The molecule has 0 aliphatic carbocycles. The van der Waals surface area contributed by atoms with Crippen LogP contribution in [0.2, 0.25) is 0 Å². The SMILES string of the molecule is CC1SCCN(C(=O)C(=O)NCC(N)=S)C1C. The zero-order valence-corrected chi connectivity index (χ0v) is 11.6. The summed E-state index contributed by atoms with van der Waals surface area (Å²) in [6, 6.07) is 0.0665. The summed E-state index contributed by atoms with van der Waals surface area (Å²) in [7, 11) is 0. The average molecular weight is 275 g/mol. The third-order valence-corrected chi connectivity index (χ3v) is 4.24.